The fraction of sp³-hybridized carbons (Fsp3) is 0.553. The second-order valence-corrected chi connectivity index (χ2v) is 17.8. The maximum absolute atomic E-state index is 13.9. The van der Waals surface area contributed by atoms with Gasteiger partial charge in [0, 0.05) is 71.3 Å². The van der Waals surface area contributed by atoms with E-state index < -0.39 is 15.6 Å². The van der Waals surface area contributed by atoms with Crippen molar-refractivity contribution in [3.8, 4) is 5.75 Å². The minimum Gasteiger partial charge on any atom is -0.492 e. The molecule has 2 saturated heterocycles. The fourth-order valence-electron chi connectivity index (χ4n) is 6.79. The van der Waals surface area contributed by atoms with Crippen molar-refractivity contribution in [2.24, 2.45) is 7.05 Å². The Labute approximate surface area is 313 Å². The Morgan fingerprint density at radius 1 is 0.830 bits per heavy atom. The van der Waals surface area contributed by atoms with Crippen LogP contribution in [-0.2, 0) is 38.6 Å². The van der Waals surface area contributed by atoms with Crippen molar-refractivity contribution in [3.63, 3.8) is 0 Å². The molecule has 0 radical (unpaired) electrons. The van der Waals surface area contributed by atoms with Gasteiger partial charge in [-0.1, -0.05) is 39.0 Å². The second kappa shape index (κ2) is 15.6. The molecule has 3 amide bonds. The molecule has 2 aliphatic heterocycles. The minimum atomic E-state index is -3.62. The van der Waals surface area contributed by atoms with Gasteiger partial charge in [-0.25, -0.2) is 13.2 Å². The number of aromatic nitrogens is 1. The molecule has 0 atom stereocenters. The maximum atomic E-state index is 13.9. The summed E-state index contributed by atoms with van der Waals surface area (Å²) in [7, 11) is -0.318. The number of rotatable bonds is 9. The first-order chi connectivity index (χ1) is 24.7. The van der Waals surface area contributed by atoms with Gasteiger partial charge in [0.1, 0.15) is 11.3 Å². The number of methoxy groups -OCH3 is 1. The largest absolute Gasteiger partial charge is 0.492 e. The molecule has 5 rings (SSSR count). The molecule has 3 aromatic rings. The van der Waals surface area contributed by atoms with Gasteiger partial charge in [-0.2, -0.15) is 0 Å². The number of fused-ring (bicyclic) bond motifs is 1. The van der Waals surface area contributed by atoms with Crippen molar-refractivity contribution in [2.45, 2.75) is 59.1 Å². The molecule has 14 nitrogen and oxygen atoms in total. The van der Waals surface area contributed by atoms with Crippen LogP contribution in [0.25, 0.3) is 10.9 Å². The summed E-state index contributed by atoms with van der Waals surface area (Å²) in [4.78, 5) is 47.5. The summed E-state index contributed by atoms with van der Waals surface area (Å²) in [5, 5.41) is 3.91. The summed E-state index contributed by atoms with van der Waals surface area (Å²) in [6.07, 6.45) is 0.759. The van der Waals surface area contributed by atoms with Crippen LogP contribution >= 0.6 is 0 Å². The quantitative estimate of drug-likeness (QED) is 0.327. The van der Waals surface area contributed by atoms with Gasteiger partial charge >= 0.3 is 6.09 Å². The molecule has 2 fully saturated rings. The predicted octanol–water partition coefficient (Wildman–Crippen LogP) is 4.31. The molecule has 53 heavy (non-hydrogen) atoms. The SMILES string of the molecule is COc1c(NC(=O)c2cc3cccc(CN4CCN(C(=O)CN5CCN(C(=O)OC(C)(C)C)CC5)CC4)c3n2C)cc(C(C)(C)C)cc1NS(C)(=O)=O. The molecule has 0 unspecified atom stereocenters. The number of ether oxygens (including phenoxy) is 2. The first-order valence-corrected chi connectivity index (χ1v) is 19.9. The highest BCUT2D eigenvalue weighted by Gasteiger charge is 2.29. The molecule has 2 N–H and O–H groups in total. The van der Waals surface area contributed by atoms with E-state index in [1.165, 1.54) is 7.11 Å². The summed E-state index contributed by atoms with van der Waals surface area (Å²) in [6, 6.07) is 11.4. The number of carbonyl (C=O) groups excluding carboxylic acids is 3. The summed E-state index contributed by atoms with van der Waals surface area (Å²) < 4.78 is 39.9. The number of anilines is 2. The van der Waals surface area contributed by atoms with Crippen molar-refractivity contribution >= 4 is 50.2 Å². The molecule has 0 bridgehead atoms. The minimum absolute atomic E-state index is 0.0967. The zero-order valence-electron chi connectivity index (χ0n) is 32.5. The van der Waals surface area contributed by atoms with Gasteiger partial charge in [0.2, 0.25) is 15.9 Å². The number of benzene rings is 2. The molecule has 1 aromatic heterocycles. The lowest BCUT2D eigenvalue weighted by molar-refractivity contribution is -0.134. The van der Waals surface area contributed by atoms with Crippen molar-refractivity contribution in [1.29, 1.82) is 0 Å². The third kappa shape index (κ3) is 10.0. The van der Waals surface area contributed by atoms with E-state index in [2.05, 4.69) is 25.9 Å². The third-order valence-corrected chi connectivity index (χ3v) is 10.2. The van der Waals surface area contributed by atoms with E-state index in [1.54, 1.807) is 11.0 Å². The molecular weight excluding hydrogens is 699 g/mol. The Morgan fingerprint density at radius 2 is 1.43 bits per heavy atom. The number of amides is 3. The van der Waals surface area contributed by atoms with E-state index in [-0.39, 0.29) is 34.8 Å². The topological polar surface area (TPSA) is 146 Å². The van der Waals surface area contributed by atoms with Crippen LogP contribution in [0.1, 0.15) is 63.2 Å². The van der Waals surface area contributed by atoms with Gasteiger partial charge in [-0.3, -0.25) is 24.1 Å². The van der Waals surface area contributed by atoms with Crippen LogP contribution < -0.4 is 14.8 Å². The van der Waals surface area contributed by atoms with E-state index >= 15 is 0 Å². The highest BCUT2D eigenvalue weighted by atomic mass is 32.2. The van der Waals surface area contributed by atoms with Crippen LogP contribution in [0.5, 0.6) is 5.75 Å². The average Bonchev–Trinajstić information content (AvgIpc) is 3.40. The van der Waals surface area contributed by atoms with Crippen LogP contribution in [0.4, 0.5) is 16.2 Å². The van der Waals surface area contributed by atoms with E-state index in [0.29, 0.717) is 63.7 Å². The molecule has 290 valence electrons. The van der Waals surface area contributed by atoms with E-state index in [4.69, 9.17) is 9.47 Å². The second-order valence-electron chi connectivity index (χ2n) is 16.0. The summed E-state index contributed by atoms with van der Waals surface area (Å²) in [6.45, 7) is 17.6. The van der Waals surface area contributed by atoms with Gasteiger partial charge in [-0.05, 0) is 55.5 Å². The van der Waals surface area contributed by atoms with Crippen molar-refractivity contribution in [2.75, 3.05) is 82.3 Å². The fourth-order valence-corrected chi connectivity index (χ4v) is 7.34. The third-order valence-electron chi connectivity index (χ3n) is 9.58. The van der Waals surface area contributed by atoms with Gasteiger partial charge in [0.05, 0.1) is 36.8 Å². The maximum Gasteiger partial charge on any atom is 0.410 e. The van der Waals surface area contributed by atoms with Gasteiger partial charge in [0.25, 0.3) is 5.91 Å². The van der Waals surface area contributed by atoms with Gasteiger partial charge in [-0.15, -0.1) is 0 Å². The number of carbonyl (C=O) groups is 3. The normalized spacial score (nSPS) is 16.5. The Bertz CT molecular complexity index is 1950. The molecule has 0 saturated carbocycles. The number of hydrogen-bond acceptors (Lipinski definition) is 9. The summed E-state index contributed by atoms with van der Waals surface area (Å²) in [5.74, 6) is -0.0447. The van der Waals surface area contributed by atoms with Crippen LogP contribution in [0, 0.1) is 0 Å². The Balaban J connectivity index is 1.23. The monoisotopic (exact) mass is 753 g/mol. The molecule has 2 aromatic carbocycles. The zero-order chi connectivity index (χ0) is 38.9. The Kier molecular flexibility index (Phi) is 11.7. The van der Waals surface area contributed by atoms with Crippen LogP contribution in [0.3, 0.4) is 0 Å². The predicted molar refractivity (Wildman–Crippen MR) is 207 cm³/mol. The van der Waals surface area contributed by atoms with E-state index in [1.807, 2.05) is 82.3 Å². The molecule has 2 aliphatic rings. The number of hydrogen-bond donors (Lipinski definition) is 2. The first-order valence-electron chi connectivity index (χ1n) is 18.0. The molecule has 15 heteroatoms. The lowest BCUT2D eigenvalue weighted by atomic mass is 9.86. The number of nitrogens with zero attached hydrogens (tertiary/aromatic N) is 5. The molecule has 0 aliphatic carbocycles. The Hall–Kier alpha value is -4.34. The standard InChI is InChI=1S/C38H55N7O7S/c1-37(2,3)28-22-29(34(51-8)30(23-28)40-53(9,49)50)39-35(47)31-21-26-11-10-12-27(33(26)41(31)7)24-42-13-17-44(18-14-42)32(46)25-43-15-19-45(20-16-43)36(48)52-38(4,5)6/h10-12,21-23,40H,13-20,24-25H2,1-9H3,(H,39,47). The molecule has 3 heterocycles. The zero-order valence-corrected chi connectivity index (χ0v) is 33.4. The highest BCUT2D eigenvalue weighted by molar-refractivity contribution is 7.92. The van der Waals surface area contributed by atoms with Gasteiger partial charge in [0.15, 0.2) is 5.75 Å². The number of piperazine rings is 2. The lowest BCUT2D eigenvalue weighted by Crippen LogP contribution is -2.54. The van der Waals surface area contributed by atoms with Crippen LogP contribution in [-0.4, -0.2) is 128 Å². The first kappa shape index (κ1) is 39.9. The highest BCUT2D eigenvalue weighted by Crippen LogP contribution is 2.39. The van der Waals surface area contributed by atoms with Crippen LogP contribution in [0.2, 0.25) is 0 Å². The van der Waals surface area contributed by atoms with E-state index in [9.17, 15) is 22.8 Å². The van der Waals surface area contributed by atoms with Crippen molar-refractivity contribution in [1.82, 2.24) is 24.2 Å². The number of nitrogens with one attached hydrogen (secondary N) is 2. The summed E-state index contributed by atoms with van der Waals surface area (Å²) in [5.41, 5.74) is 2.99. The molecule has 0 spiro atoms. The number of para-hydroxylation sites is 1. The summed E-state index contributed by atoms with van der Waals surface area (Å²) >= 11 is 0. The van der Waals surface area contributed by atoms with Crippen molar-refractivity contribution in [3.05, 3.63) is 53.2 Å². The average molecular weight is 754 g/mol. The molecular formula is C38H55N7O7S. The van der Waals surface area contributed by atoms with Gasteiger partial charge < -0.3 is 29.2 Å². The number of sulfonamides is 1. The van der Waals surface area contributed by atoms with Crippen molar-refractivity contribution < 1.29 is 32.3 Å². The van der Waals surface area contributed by atoms with E-state index in [0.717, 1.165) is 41.4 Å². The lowest BCUT2D eigenvalue weighted by Gasteiger charge is -2.38. The Morgan fingerprint density at radius 3 is 2.02 bits per heavy atom. The number of aryl methyl sites for hydroxylation is 1. The smallest absolute Gasteiger partial charge is 0.410 e. The van der Waals surface area contributed by atoms with Crippen LogP contribution in [0.15, 0.2) is 36.4 Å².